The first kappa shape index (κ1) is 19.5. The molecule has 1 N–H and O–H groups in total. The van der Waals surface area contributed by atoms with Crippen molar-refractivity contribution in [2.45, 2.75) is 5.92 Å². The van der Waals surface area contributed by atoms with Crippen molar-refractivity contribution in [1.82, 2.24) is 5.32 Å². The van der Waals surface area contributed by atoms with Crippen LogP contribution < -0.4 is 15.7 Å². The van der Waals surface area contributed by atoms with Gasteiger partial charge in [0.15, 0.2) is 6.61 Å². The molecular formula is C25H21NO4. The van der Waals surface area contributed by atoms with Gasteiger partial charge in [0.05, 0.1) is 0 Å². The van der Waals surface area contributed by atoms with Crippen LogP contribution in [0.15, 0.2) is 100 Å². The third-order valence-electron chi connectivity index (χ3n) is 4.87. The minimum absolute atomic E-state index is 0.0475. The van der Waals surface area contributed by atoms with Crippen LogP contribution in [-0.4, -0.2) is 19.1 Å². The normalized spacial score (nSPS) is 10.8. The maximum Gasteiger partial charge on any atom is 0.336 e. The van der Waals surface area contributed by atoms with Gasteiger partial charge in [-0.15, -0.1) is 0 Å². The van der Waals surface area contributed by atoms with Gasteiger partial charge in [0.2, 0.25) is 0 Å². The highest BCUT2D eigenvalue weighted by Gasteiger charge is 2.15. The van der Waals surface area contributed by atoms with Crippen LogP contribution in [0.4, 0.5) is 0 Å². The Morgan fingerprint density at radius 2 is 1.50 bits per heavy atom. The maximum atomic E-state index is 12.4. The molecule has 0 atom stereocenters. The van der Waals surface area contributed by atoms with Crippen LogP contribution in [0.3, 0.4) is 0 Å². The number of fused-ring (bicyclic) bond motifs is 1. The molecule has 3 aromatic carbocycles. The van der Waals surface area contributed by atoms with E-state index in [1.54, 1.807) is 24.3 Å². The molecule has 1 heterocycles. The molecule has 0 bridgehead atoms. The van der Waals surface area contributed by atoms with Crippen molar-refractivity contribution in [2.75, 3.05) is 13.2 Å². The summed E-state index contributed by atoms with van der Waals surface area (Å²) in [6.45, 7) is 0.335. The Hall–Kier alpha value is -3.86. The Morgan fingerprint density at radius 3 is 2.17 bits per heavy atom. The lowest BCUT2D eigenvalue weighted by atomic mass is 9.91. The lowest BCUT2D eigenvalue weighted by Crippen LogP contribution is -2.32. The van der Waals surface area contributed by atoms with Crippen molar-refractivity contribution in [3.8, 4) is 5.75 Å². The summed E-state index contributed by atoms with van der Waals surface area (Å²) in [6.07, 6.45) is 0. The molecule has 0 aliphatic rings. The first-order chi connectivity index (χ1) is 14.7. The number of amides is 1. The largest absolute Gasteiger partial charge is 0.484 e. The minimum Gasteiger partial charge on any atom is -0.484 e. The van der Waals surface area contributed by atoms with Gasteiger partial charge in [-0.05, 0) is 29.3 Å². The van der Waals surface area contributed by atoms with Crippen molar-refractivity contribution >= 4 is 16.9 Å². The van der Waals surface area contributed by atoms with E-state index in [9.17, 15) is 9.59 Å². The van der Waals surface area contributed by atoms with E-state index >= 15 is 0 Å². The molecule has 30 heavy (non-hydrogen) atoms. The average Bonchev–Trinajstić information content (AvgIpc) is 2.79. The van der Waals surface area contributed by atoms with E-state index in [-0.39, 0.29) is 18.4 Å². The second-order valence-corrected chi connectivity index (χ2v) is 6.92. The molecule has 0 saturated carbocycles. The first-order valence-corrected chi connectivity index (χ1v) is 9.72. The van der Waals surface area contributed by atoms with Crippen LogP contribution in [0.25, 0.3) is 11.0 Å². The predicted octanol–water partition coefficient (Wildman–Crippen LogP) is 4.12. The Bertz CT molecular complexity index is 1150. The molecule has 4 rings (SSSR count). The number of benzene rings is 3. The summed E-state index contributed by atoms with van der Waals surface area (Å²) in [5.74, 6) is 0.294. The van der Waals surface area contributed by atoms with Gasteiger partial charge in [-0.2, -0.15) is 0 Å². The van der Waals surface area contributed by atoms with E-state index in [1.165, 1.54) is 6.07 Å². The van der Waals surface area contributed by atoms with Gasteiger partial charge in [0, 0.05) is 30.0 Å². The molecule has 5 heteroatoms. The smallest absolute Gasteiger partial charge is 0.336 e. The van der Waals surface area contributed by atoms with Crippen molar-refractivity contribution < 1.29 is 13.9 Å². The van der Waals surface area contributed by atoms with Crippen molar-refractivity contribution in [3.63, 3.8) is 0 Å². The molecule has 4 aromatic rings. The van der Waals surface area contributed by atoms with Gasteiger partial charge >= 0.3 is 5.63 Å². The van der Waals surface area contributed by atoms with Crippen molar-refractivity contribution in [3.05, 3.63) is 113 Å². The standard InChI is InChI=1S/C25H21NO4/c27-24(17-29-21-13-11-20-12-14-25(28)30-23(20)15-21)26-16-22(18-7-3-1-4-8-18)19-9-5-2-6-10-19/h1-15,22H,16-17H2,(H,26,27). The highest BCUT2D eigenvalue weighted by molar-refractivity contribution is 5.79. The monoisotopic (exact) mass is 399 g/mol. The van der Waals surface area contributed by atoms with Crippen molar-refractivity contribution in [2.24, 2.45) is 0 Å². The summed E-state index contributed by atoms with van der Waals surface area (Å²) in [7, 11) is 0. The van der Waals surface area contributed by atoms with Crippen molar-refractivity contribution in [1.29, 1.82) is 0 Å². The van der Waals surface area contributed by atoms with Crippen LogP contribution >= 0.6 is 0 Å². The summed E-state index contributed by atoms with van der Waals surface area (Å²) in [5, 5.41) is 3.75. The van der Waals surface area contributed by atoms with Gasteiger partial charge in [-0.25, -0.2) is 4.79 Å². The first-order valence-electron chi connectivity index (χ1n) is 9.72. The van der Waals surface area contributed by atoms with E-state index in [1.807, 2.05) is 36.4 Å². The fraction of sp³-hybridized carbons (Fsp3) is 0.120. The number of nitrogens with one attached hydrogen (secondary N) is 1. The van der Waals surface area contributed by atoms with Crippen LogP contribution in [0.5, 0.6) is 5.75 Å². The van der Waals surface area contributed by atoms with Crippen LogP contribution in [-0.2, 0) is 4.79 Å². The van der Waals surface area contributed by atoms with Crippen LogP contribution in [0.2, 0.25) is 0 Å². The number of hydrogen-bond donors (Lipinski definition) is 1. The molecule has 0 aliphatic carbocycles. The zero-order valence-electron chi connectivity index (χ0n) is 16.3. The predicted molar refractivity (Wildman–Crippen MR) is 116 cm³/mol. The topological polar surface area (TPSA) is 68.5 Å². The maximum absolute atomic E-state index is 12.4. The van der Waals surface area contributed by atoms with Gasteiger partial charge in [-0.1, -0.05) is 60.7 Å². The minimum atomic E-state index is -0.426. The third kappa shape index (κ3) is 4.75. The number of rotatable bonds is 7. The molecule has 0 saturated heterocycles. The summed E-state index contributed by atoms with van der Waals surface area (Å²) in [5.41, 5.74) is 2.27. The van der Waals surface area contributed by atoms with E-state index in [2.05, 4.69) is 29.6 Å². The third-order valence-corrected chi connectivity index (χ3v) is 4.87. The Morgan fingerprint density at radius 1 is 0.867 bits per heavy atom. The average molecular weight is 399 g/mol. The number of carbonyl (C=O) groups is 1. The zero-order valence-corrected chi connectivity index (χ0v) is 16.3. The molecule has 0 unspecified atom stereocenters. The summed E-state index contributed by atoms with van der Waals surface area (Å²) in [6, 6.07) is 28.4. The van der Waals surface area contributed by atoms with Crippen LogP contribution in [0.1, 0.15) is 17.0 Å². The lowest BCUT2D eigenvalue weighted by molar-refractivity contribution is -0.123. The summed E-state index contributed by atoms with van der Waals surface area (Å²) in [4.78, 5) is 23.8. The number of carbonyl (C=O) groups excluding carboxylic acids is 1. The molecule has 1 amide bonds. The molecule has 5 nitrogen and oxygen atoms in total. The molecule has 150 valence electrons. The van der Waals surface area contributed by atoms with E-state index in [0.717, 1.165) is 16.5 Å². The Labute approximate surface area is 173 Å². The molecule has 1 aromatic heterocycles. The fourth-order valence-electron chi connectivity index (χ4n) is 3.35. The van der Waals surface area contributed by atoms with Gasteiger partial charge in [0.25, 0.3) is 5.91 Å². The molecule has 0 radical (unpaired) electrons. The van der Waals surface area contributed by atoms with Gasteiger partial charge in [0.1, 0.15) is 11.3 Å². The van der Waals surface area contributed by atoms with E-state index in [4.69, 9.17) is 9.15 Å². The molecular weight excluding hydrogens is 378 g/mol. The molecule has 0 aliphatic heterocycles. The second kappa shape index (κ2) is 9.09. The Balaban J connectivity index is 1.40. The summed E-state index contributed by atoms with van der Waals surface area (Å²) >= 11 is 0. The number of hydrogen-bond acceptors (Lipinski definition) is 4. The van der Waals surface area contributed by atoms with Gasteiger partial charge in [-0.3, -0.25) is 4.79 Å². The second-order valence-electron chi connectivity index (χ2n) is 6.92. The number of ether oxygens (including phenoxy) is 1. The quantitative estimate of drug-likeness (QED) is 0.475. The van der Waals surface area contributed by atoms with Gasteiger partial charge < -0.3 is 14.5 Å². The lowest BCUT2D eigenvalue weighted by Gasteiger charge is -2.19. The fourth-order valence-corrected chi connectivity index (χ4v) is 3.35. The van der Waals surface area contributed by atoms with Crippen LogP contribution in [0, 0.1) is 0 Å². The highest BCUT2D eigenvalue weighted by Crippen LogP contribution is 2.24. The zero-order chi connectivity index (χ0) is 20.8. The van der Waals surface area contributed by atoms with E-state index < -0.39 is 5.63 Å². The Kier molecular flexibility index (Phi) is 5.90. The SMILES string of the molecule is O=C(COc1ccc2ccc(=O)oc2c1)NCC(c1ccccc1)c1ccccc1. The summed E-state index contributed by atoms with van der Waals surface area (Å²) < 4.78 is 10.7. The highest BCUT2D eigenvalue weighted by atomic mass is 16.5. The molecule has 0 fully saturated rings. The van der Waals surface area contributed by atoms with E-state index in [0.29, 0.717) is 17.9 Å². The molecule has 0 spiro atoms.